The molecule has 140 valence electrons. The summed E-state index contributed by atoms with van der Waals surface area (Å²) in [5, 5.41) is 11.7. The minimum atomic E-state index is 0.530. The summed E-state index contributed by atoms with van der Waals surface area (Å²) in [4.78, 5) is 11.2. The number of aryl methyl sites for hydroxylation is 1. The summed E-state index contributed by atoms with van der Waals surface area (Å²) in [6.45, 7) is 5.86. The molecular formula is C18H26N6O2. The predicted octanol–water partition coefficient (Wildman–Crippen LogP) is 1.51. The Bertz CT molecular complexity index is 698. The van der Waals surface area contributed by atoms with E-state index >= 15 is 0 Å². The zero-order valence-corrected chi connectivity index (χ0v) is 15.2. The first-order valence-electron chi connectivity index (χ1n) is 9.42. The maximum Gasteiger partial charge on any atom is 0.225 e. The smallest absolute Gasteiger partial charge is 0.225 e. The molecule has 1 aliphatic carbocycles. The second-order valence-electron chi connectivity index (χ2n) is 7.17. The maximum absolute atomic E-state index is 5.50. The van der Waals surface area contributed by atoms with Gasteiger partial charge in [-0.1, -0.05) is 0 Å². The van der Waals surface area contributed by atoms with Crippen molar-refractivity contribution >= 4 is 5.95 Å². The van der Waals surface area contributed by atoms with Crippen molar-refractivity contribution in [3.63, 3.8) is 0 Å². The van der Waals surface area contributed by atoms with Crippen LogP contribution in [-0.4, -0.2) is 52.5 Å². The van der Waals surface area contributed by atoms with Crippen LogP contribution in [0.3, 0.4) is 0 Å². The Labute approximate surface area is 153 Å². The summed E-state index contributed by atoms with van der Waals surface area (Å²) in [6, 6.07) is 0.530. The van der Waals surface area contributed by atoms with E-state index in [0.29, 0.717) is 17.9 Å². The summed E-state index contributed by atoms with van der Waals surface area (Å²) < 4.78 is 10.9. The Morgan fingerprint density at radius 2 is 1.96 bits per heavy atom. The Hall–Kier alpha value is -2.06. The first-order valence-corrected chi connectivity index (χ1v) is 9.42. The van der Waals surface area contributed by atoms with Gasteiger partial charge in [-0.05, 0) is 25.2 Å². The Morgan fingerprint density at radius 1 is 1.15 bits per heavy atom. The number of ether oxygens (including phenoxy) is 1. The molecule has 3 heterocycles. The normalized spacial score (nSPS) is 23.5. The molecule has 2 aromatic heterocycles. The first kappa shape index (κ1) is 17.4. The lowest BCUT2D eigenvalue weighted by Crippen LogP contribution is -2.37. The van der Waals surface area contributed by atoms with Gasteiger partial charge in [0.1, 0.15) is 0 Å². The van der Waals surface area contributed by atoms with Gasteiger partial charge < -0.3 is 19.4 Å². The van der Waals surface area contributed by atoms with Crippen molar-refractivity contribution in [1.29, 1.82) is 0 Å². The summed E-state index contributed by atoms with van der Waals surface area (Å²) in [5.74, 6) is 2.83. The van der Waals surface area contributed by atoms with Crippen molar-refractivity contribution in [3.05, 3.63) is 29.7 Å². The molecule has 0 radical (unpaired) electrons. The van der Waals surface area contributed by atoms with Gasteiger partial charge in [-0.15, -0.1) is 10.2 Å². The molecule has 26 heavy (non-hydrogen) atoms. The van der Waals surface area contributed by atoms with Crippen molar-refractivity contribution in [2.75, 3.05) is 31.2 Å². The lowest BCUT2D eigenvalue weighted by atomic mass is 10.0. The van der Waals surface area contributed by atoms with Crippen molar-refractivity contribution < 1.29 is 9.15 Å². The van der Waals surface area contributed by atoms with E-state index in [1.54, 1.807) is 0 Å². The lowest BCUT2D eigenvalue weighted by molar-refractivity contribution is 0.122. The molecule has 2 atom stereocenters. The molecule has 1 saturated heterocycles. The van der Waals surface area contributed by atoms with Gasteiger partial charge in [0, 0.05) is 57.0 Å². The summed E-state index contributed by atoms with van der Waals surface area (Å²) >= 11 is 0. The van der Waals surface area contributed by atoms with Crippen LogP contribution in [-0.2, 0) is 17.7 Å². The molecule has 1 N–H and O–H groups in total. The van der Waals surface area contributed by atoms with Crippen LogP contribution in [0.1, 0.15) is 36.6 Å². The van der Waals surface area contributed by atoms with Crippen molar-refractivity contribution in [1.82, 2.24) is 25.5 Å². The molecule has 0 aromatic carbocycles. The molecule has 0 unspecified atom stereocenters. The quantitative estimate of drug-likeness (QED) is 0.831. The van der Waals surface area contributed by atoms with E-state index in [2.05, 4.69) is 30.4 Å². The number of nitrogens with zero attached hydrogens (tertiary/aromatic N) is 5. The summed E-state index contributed by atoms with van der Waals surface area (Å²) in [5.41, 5.74) is 1.12. The van der Waals surface area contributed by atoms with Crippen LogP contribution < -0.4 is 10.2 Å². The molecule has 2 fully saturated rings. The third kappa shape index (κ3) is 4.37. The molecule has 4 rings (SSSR count). The fraction of sp³-hybridized carbons (Fsp3) is 0.667. The molecule has 8 heteroatoms. The van der Waals surface area contributed by atoms with Crippen LogP contribution in [0, 0.1) is 12.8 Å². The van der Waals surface area contributed by atoms with Crippen LogP contribution in [0.5, 0.6) is 0 Å². The maximum atomic E-state index is 5.50. The highest BCUT2D eigenvalue weighted by Crippen LogP contribution is 2.28. The van der Waals surface area contributed by atoms with Gasteiger partial charge in [0.25, 0.3) is 0 Å². The number of anilines is 1. The van der Waals surface area contributed by atoms with Gasteiger partial charge >= 0.3 is 0 Å². The van der Waals surface area contributed by atoms with Gasteiger partial charge in [0.05, 0.1) is 13.2 Å². The molecule has 8 nitrogen and oxygen atoms in total. The summed E-state index contributed by atoms with van der Waals surface area (Å²) in [6.07, 6.45) is 8.28. The molecule has 0 spiro atoms. The Balaban J connectivity index is 1.23. The molecule has 1 saturated carbocycles. The van der Waals surface area contributed by atoms with Crippen LogP contribution >= 0.6 is 0 Å². The number of nitrogens with one attached hydrogen (secondary N) is 1. The Morgan fingerprint density at radius 3 is 2.69 bits per heavy atom. The number of hydrogen-bond donors (Lipinski definition) is 1. The molecule has 0 amide bonds. The highest BCUT2D eigenvalue weighted by Gasteiger charge is 2.26. The number of morpholine rings is 1. The second kappa shape index (κ2) is 8.09. The molecular weight excluding hydrogens is 332 g/mol. The molecule has 2 aliphatic rings. The fourth-order valence-corrected chi connectivity index (χ4v) is 3.74. The van der Waals surface area contributed by atoms with Crippen LogP contribution in [0.2, 0.25) is 0 Å². The highest BCUT2D eigenvalue weighted by molar-refractivity contribution is 5.30. The predicted molar refractivity (Wildman–Crippen MR) is 95.8 cm³/mol. The van der Waals surface area contributed by atoms with Crippen LogP contribution in [0.4, 0.5) is 5.95 Å². The van der Waals surface area contributed by atoms with Crippen molar-refractivity contribution in [2.45, 2.75) is 45.2 Å². The Kier molecular flexibility index (Phi) is 5.40. The minimum absolute atomic E-state index is 0.530. The molecule has 1 aliphatic heterocycles. The summed E-state index contributed by atoms with van der Waals surface area (Å²) in [7, 11) is 0. The number of aromatic nitrogens is 4. The van der Waals surface area contributed by atoms with E-state index in [4.69, 9.17) is 9.15 Å². The third-order valence-corrected chi connectivity index (χ3v) is 5.15. The zero-order chi connectivity index (χ0) is 17.8. The minimum Gasteiger partial charge on any atom is -0.426 e. The number of hydrogen-bond acceptors (Lipinski definition) is 8. The van der Waals surface area contributed by atoms with E-state index in [-0.39, 0.29) is 0 Å². The van der Waals surface area contributed by atoms with E-state index in [1.165, 1.54) is 12.8 Å². The van der Waals surface area contributed by atoms with Gasteiger partial charge in [-0.25, -0.2) is 9.97 Å². The fourth-order valence-electron chi connectivity index (χ4n) is 3.74. The standard InChI is InChI=1S/C18H26N6O2/c1-13-22-23-17(26-13)9-14-2-3-16(8-14)19-10-15-11-20-18(21-12-15)24-4-6-25-7-5-24/h11-12,14,16,19H,2-10H2,1H3/t14-,16+/m1/s1. The van der Waals surface area contributed by atoms with E-state index in [9.17, 15) is 0 Å². The van der Waals surface area contributed by atoms with Crippen LogP contribution in [0.15, 0.2) is 16.8 Å². The topological polar surface area (TPSA) is 89.2 Å². The highest BCUT2D eigenvalue weighted by atomic mass is 16.5. The average molecular weight is 358 g/mol. The van der Waals surface area contributed by atoms with Gasteiger partial charge in [-0.3, -0.25) is 0 Å². The van der Waals surface area contributed by atoms with Crippen molar-refractivity contribution in [3.8, 4) is 0 Å². The van der Waals surface area contributed by atoms with E-state index in [0.717, 1.165) is 63.1 Å². The van der Waals surface area contributed by atoms with Gasteiger partial charge in [0.15, 0.2) is 0 Å². The first-order chi connectivity index (χ1) is 12.8. The third-order valence-electron chi connectivity index (χ3n) is 5.15. The molecule has 2 aromatic rings. The average Bonchev–Trinajstić information content (AvgIpc) is 3.30. The molecule has 0 bridgehead atoms. The van der Waals surface area contributed by atoms with E-state index in [1.807, 2.05) is 19.3 Å². The van der Waals surface area contributed by atoms with Gasteiger partial charge in [0.2, 0.25) is 17.7 Å². The SMILES string of the molecule is Cc1nnc(C[C@@H]2CC[C@H](NCc3cnc(N4CCOCC4)nc3)C2)o1. The van der Waals surface area contributed by atoms with Gasteiger partial charge in [-0.2, -0.15) is 0 Å². The van der Waals surface area contributed by atoms with Crippen molar-refractivity contribution in [2.24, 2.45) is 5.92 Å². The monoisotopic (exact) mass is 358 g/mol. The number of rotatable bonds is 6. The van der Waals surface area contributed by atoms with Crippen LogP contribution in [0.25, 0.3) is 0 Å². The zero-order valence-electron chi connectivity index (χ0n) is 15.2. The van der Waals surface area contributed by atoms with E-state index < -0.39 is 0 Å². The second-order valence-corrected chi connectivity index (χ2v) is 7.17. The largest absolute Gasteiger partial charge is 0.426 e. The lowest BCUT2D eigenvalue weighted by Gasteiger charge is -2.26.